The Labute approximate surface area is 91.6 Å². The van der Waals surface area contributed by atoms with Crippen molar-refractivity contribution in [3.8, 4) is 0 Å². The van der Waals surface area contributed by atoms with Gasteiger partial charge in [-0.05, 0) is 26.2 Å². The highest BCUT2D eigenvalue weighted by Crippen LogP contribution is 2.08. The summed E-state index contributed by atoms with van der Waals surface area (Å²) < 4.78 is 0. The molecule has 1 atom stereocenters. The van der Waals surface area contributed by atoms with Crippen molar-refractivity contribution in [2.45, 2.75) is 45.3 Å². The maximum Gasteiger partial charge on any atom is 0.234 e. The van der Waals surface area contributed by atoms with Crippen LogP contribution in [-0.4, -0.2) is 47.7 Å². The van der Waals surface area contributed by atoms with Gasteiger partial charge in [0.05, 0.1) is 12.6 Å². The van der Waals surface area contributed by atoms with E-state index in [0.717, 1.165) is 32.4 Å². The second kappa shape index (κ2) is 6.08. The molecule has 0 saturated carbocycles. The molecule has 4 heteroatoms. The molecule has 0 aromatic carbocycles. The van der Waals surface area contributed by atoms with Crippen molar-refractivity contribution in [3.63, 3.8) is 0 Å². The maximum absolute atomic E-state index is 11.5. The topological polar surface area (TPSA) is 52.6 Å². The number of likely N-dealkylation sites (tertiary alicyclic amines) is 1. The van der Waals surface area contributed by atoms with Gasteiger partial charge < -0.3 is 10.4 Å². The Balaban J connectivity index is 2.20. The van der Waals surface area contributed by atoms with E-state index in [0.29, 0.717) is 6.54 Å². The van der Waals surface area contributed by atoms with E-state index in [2.05, 4.69) is 17.1 Å². The molecule has 1 amide bonds. The molecule has 0 aromatic heterocycles. The number of carbonyl (C=O) groups is 1. The van der Waals surface area contributed by atoms with E-state index in [-0.39, 0.29) is 18.1 Å². The number of piperidine rings is 1. The van der Waals surface area contributed by atoms with Crippen LogP contribution < -0.4 is 5.32 Å². The highest BCUT2D eigenvalue weighted by molar-refractivity contribution is 5.78. The minimum absolute atomic E-state index is 0.0979. The molecule has 4 nitrogen and oxygen atoms in total. The van der Waals surface area contributed by atoms with Crippen LogP contribution in [0.25, 0.3) is 0 Å². The summed E-state index contributed by atoms with van der Waals surface area (Å²) in [7, 11) is 0. The highest BCUT2D eigenvalue weighted by Gasteiger charge is 2.19. The first kappa shape index (κ1) is 12.5. The maximum atomic E-state index is 11.5. The lowest BCUT2D eigenvalue weighted by atomic mass is 10.1. The van der Waals surface area contributed by atoms with Crippen molar-refractivity contribution in [1.29, 1.82) is 0 Å². The summed E-state index contributed by atoms with van der Waals surface area (Å²) in [4.78, 5) is 13.6. The number of amides is 1. The van der Waals surface area contributed by atoms with Gasteiger partial charge in [-0.15, -0.1) is 0 Å². The molecule has 1 aliphatic rings. The standard InChI is InChI=1S/C11H22N2O2/c1-3-9(2)12-11(15)8-13-6-4-10(14)5-7-13/h9-10,14H,3-8H2,1-2H3,(H,12,15). The van der Waals surface area contributed by atoms with Crippen molar-refractivity contribution in [1.82, 2.24) is 10.2 Å². The summed E-state index contributed by atoms with van der Waals surface area (Å²) in [6.07, 6.45) is 2.37. The van der Waals surface area contributed by atoms with E-state index >= 15 is 0 Å². The molecule has 1 unspecified atom stereocenters. The van der Waals surface area contributed by atoms with Crippen LogP contribution in [0.1, 0.15) is 33.1 Å². The molecule has 0 spiro atoms. The fourth-order valence-corrected chi connectivity index (χ4v) is 1.70. The first-order valence-electron chi connectivity index (χ1n) is 5.81. The lowest BCUT2D eigenvalue weighted by Crippen LogP contribution is -2.44. The smallest absolute Gasteiger partial charge is 0.234 e. The van der Waals surface area contributed by atoms with Gasteiger partial charge in [-0.1, -0.05) is 6.92 Å². The Morgan fingerprint density at radius 3 is 2.67 bits per heavy atom. The number of hydrogen-bond donors (Lipinski definition) is 2. The van der Waals surface area contributed by atoms with Crippen LogP contribution in [0.3, 0.4) is 0 Å². The zero-order valence-electron chi connectivity index (χ0n) is 9.70. The molecule has 88 valence electrons. The SMILES string of the molecule is CCC(C)NC(=O)CN1CCC(O)CC1. The highest BCUT2D eigenvalue weighted by atomic mass is 16.3. The zero-order chi connectivity index (χ0) is 11.3. The molecular weight excluding hydrogens is 192 g/mol. The van der Waals surface area contributed by atoms with Crippen LogP contribution in [0.2, 0.25) is 0 Å². The average Bonchev–Trinajstić information content (AvgIpc) is 2.21. The van der Waals surface area contributed by atoms with Gasteiger partial charge in [-0.2, -0.15) is 0 Å². The summed E-state index contributed by atoms with van der Waals surface area (Å²) in [6, 6.07) is 0.257. The van der Waals surface area contributed by atoms with Crippen molar-refractivity contribution in [3.05, 3.63) is 0 Å². The predicted octanol–water partition coefficient (Wildman–Crippen LogP) is 0.358. The number of aliphatic hydroxyl groups is 1. The van der Waals surface area contributed by atoms with Gasteiger partial charge in [-0.3, -0.25) is 9.69 Å². The van der Waals surface area contributed by atoms with Crippen LogP contribution in [0.5, 0.6) is 0 Å². The summed E-state index contributed by atoms with van der Waals surface area (Å²) in [6.45, 7) is 6.20. The van der Waals surface area contributed by atoms with Gasteiger partial charge in [0.25, 0.3) is 0 Å². The summed E-state index contributed by atoms with van der Waals surface area (Å²) in [5, 5.41) is 12.3. The average molecular weight is 214 g/mol. The lowest BCUT2D eigenvalue weighted by molar-refractivity contribution is -0.123. The molecule has 0 aromatic rings. The Bertz CT molecular complexity index is 201. The molecule has 2 N–H and O–H groups in total. The Morgan fingerprint density at radius 2 is 2.13 bits per heavy atom. The Morgan fingerprint density at radius 1 is 1.53 bits per heavy atom. The molecule has 0 aliphatic carbocycles. The molecule has 1 fully saturated rings. The van der Waals surface area contributed by atoms with Crippen molar-refractivity contribution >= 4 is 5.91 Å². The van der Waals surface area contributed by atoms with Gasteiger partial charge in [0.15, 0.2) is 0 Å². The third-order valence-corrected chi connectivity index (χ3v) is 2.94. The van der Waals surface area contributed by atoms with Gasteiger partial charge in [0, 0.05) is 19.1 Å². The van der Waals surface area contributed by atoms with Crippen molar-refractivity contribution in [2.75, 3.05) is 19.6 Å². The molecule has 15 heavy (non-hydrogen) atoms. The third kappa shape index (κ3) is 4.62. The summed E-state index contributed by atoms with van der Waals surface area (Å²) in [5.74, 6) is 0.0979. The van der Waals surface area contributed by atoms with Crippen LogP contribution >= 0.6 is 0 Å². The number of hydrogen-bond acceptors (Lipinski definition) is 3. The van der Waals surface area contributed by atoms with Gasteiger partial charge in [-0.25, -0.2) is 0 Å². The van der Waals surface area contributed by atoms with E-state index in [1.807, 2.05) is 6.92 Å². The number of aliphatic hydroxyl groups excluding tert-OH is 1. The third-order valence-electron chi connectivity index (χ3n) is 2.94. The fraction of sp³-hybridized carbons (Fsp3) is 0.909. The number of nitrogens with zero attached hydrogens (tertiary/aromatic N) is 1. The zero-order valence-corrected chi connectivity index (χ0v) is 9.70. The Hall–Kier alpha value is -0.610. The quantitative estimate of drug-likeness (QED) is 0.710. The van der Waals surface area contributed by atoms with Crippen molar-refractivity contribution in [2.24, 2.45) is 0 Å². The number of carbonyl (C=O) groups excluding carboxylic acids is 1. The predicted molar refractivity (Wildman–Crippen MR) is 59.6 cm³/mol. The minimum Gasteiger partial charge on any atom is -0.393 e. The summed E-state index contributed by atoms with van der Waals surface area (Å²) in [5.41, 5.74) is 0. The van der Waals surface area contributed by atoms with Crippen LogP contribution in [0.15, 0.2) is 0 Å². The van der Waals surface area contributed by atoms with Crippen molar-refractivity contribution < 1.29 is 9.90 Å². The van der Waals surface area contributed by atoms with Crippen LogP contribution in [-0.2, 0) is 4.79 Å². The molecule has 0 radical (unpaired) electrons. The van der Waals surface area contributed by atoms with Gasteiger partial charge in [0.2, 0.25) is 5.91 Å². The second-order valence-corrected chi connectivity index (χ2v) is 4.38. The monoisotopic (exact) mass is 214 g/mol. The summed E-state index contributed by atoms with van der Waals surface area (Å²) >= 11 is 0. The van der Waals surface area contributed by atoms with Crippen LogP contribution in [0.4, 0.5) is 0 Å². The van der Waals surface area contributed by atoms with Gasteiger partial charge in [0.1, 0.15) is 0 Å². The molecular formula is C11H22N2O2. The van der Waals surface area contributed by atoms with E-state index in [4.69, 9.17) is 0 Å². The van der Waals surface area contributed by atoms with E-state index < -0.39 is 0 Å². The molecule has 1 aliphatic heterocycles. The number of nitrogens with one attached hydrogen (secondary N) is 1. The van der Waals surface area contributed by atoms with E-state index in [9.17, 15) is 9.90 Å². The largest absolute Gasteiger partial charge is 0.393 e. The lowest BCUT2D eigenvalue weighted by Gasteiger charge is -2.29. The first-order valence-corrected chi connectivity index (χ1v) is 5.81. The van der Waals surface area contributed by atoms with Gasteiger partial charge >= 0.3 is 0 Å². The minimum atomic E-state index is -0.168. The second-order valence-electron chi connectivity index (χ2n) is 4.38. The van der Waals surface area contributed by atoms with Crippen LogP contribution in [0, 0.1) is 0 Å². The number of rotatable bonds is 4. The van der Waals surface area contributed by atoms with E-state index in [1.165, 1.54) is 0 Å². The Kier molecular flexibility index (Phi) is 5.05. The first-order chi connectivity index (χ1) is 7.11. The van der Waals surface area contributed by atoms with E-state index in [1.54, 1.807) is 0 Å². The molecule has 0 bridgehead atoms. The molecule has 1 heterocycles. The molecule has 1 rings (SSSR count). The fourth-order valence-electron chi connectivity index (χ4n) is 1.70. The molecule has 1 saturated heterocycles. The normalized spacial score (nSPS) is 21.3.